The van der Waals surface area contributed by atoms with E-state index in [1.807, 2.05) is 28.9 Å². The molecule has 0 aliphatic heterocycles. The van der Waals surface area contributed by atoms with Crippen molar-refractivity contribution in [2.45, 2.75) is 40.0 Å². The number of aryl methyl sites for hydroxylation is 3. The molecule has 2 aromatic carbocycles. The second-order valence-corrected chi connectivity index (χ2v) is 6.36. The van der Waals surface area contributed by atoms with Crippen molar-refractivity contribution >= 4 is 0 Å². The van der Waals surface area contributed by atoms with E-state index < -0.39 is 0 Å². The van der Waals surface area contributed by atoms with Gasteiger partial charge in [-0.25, -0.2) is 4.68 Å². The first-order valence-electron chi connectivity index (χ1n) is 8.55. The fourth-order valence-electron chi connectivity index (χ4n) is 2.88. The normalized spacial score (nSPS) is 11.0. The van der Waals surface area contributed by atoms with Crippen molar-refractivity contribution in [3.63, 3.8) is 0 Å². The zero-order chi connectivity index (χ0) is 17.1. The van der Waals surface area contributed by atoms with Gasteiger partial charge in [0.15, 0.2) is 5.75 Å². The summed E-state index contributed by atoms with van der Waals surface area (Å²) >= 11 is 0. The molecular weight excluding hydrogens is 296 g/mol. The predicted octanol–water partition coefficient (Wildman–Crippen LogP) is 5.20. The molecule has 0 aliphatic rings. The summed E-state index contributed by atoms with van der Waals surface area (Å²) in [5.74, 6) is 0.300. The summed E-state index contributed by atoms with van der Waals surface area (Å²) in [5.41, 5.74) is 5.87. The van der Waals surface area contributed by atoms with Crippen LogP contribution in [0.25, 0.3) is 16.9 Å². The minimum atomic E-state index is 0.300. The Balaban J connectivity index is 2.17. The molecule has 0 atom stereocenters. The molecule has 3 aromatic rings. The van der Waals surface area contributed by atoms with Crippen molar-refractivity contribution in [2.24, 2.45) is 0 Å². The first-order valence-corrected chi connectivity index (χ1v) is 8.55. The van der Waals surface area contributed by atoms with E-state index in [0.29, 0.717) is 5.75 Å². The van der Waals surface area contributed by atoms with Crippen molar-refractivity contribution in [1.82, 2.24) is 9.78 Å². The molecule has 0 spiro atoms. The first kappa shape index (κ1) is 16.3. The molecule has 1 aromatic heterocycles. The van der Waals surface area contributed by atoms with Crippen molar-refractivity contribution in [3.8, 4) is 22.7 Å². The maximum Gasteiger partial charge on any atom is 0.165 e. The maximum absolute atomic E-state index is 10.8. The smallest absolute Gasteiger partial charge is 0.165 e. The van der Waals surface area contributed by atoms with Gasteiger partial charge in [0.05, 0.1) is 5.69 Å². The van der Waals surface area contributed by atoms with Gasteiger partial charge in [-0.1, -0.05) is 55.3 Å². The van der Waals surface area contributed by atoms with Crippen molar-refractivity contribution in [1.29, 1.82) is 0 Å². The molecule has 0 fully saturated rings. The highest BCUT2D eigenvalue weighted by Crippen LogP contribution is 2.35. The number of hydrogen-bond donors (Lipinski definition) is 1. The van der Waals surface area contributed by atoms with E-state index >= 15 is 0 Å². The Bertz CT molecular complexity index is 832. The summed E-state index contributed by atoms with van der Waals surface area (Å²) < 4.78 is 1.87. The number of aromatic nitrogens is 2. The van der Waals surface area contributed by atoms with Crippen LogP contribution in [0.5, 0.6) is 5.75 Å². The summed E-state index contributed by atoms with van der Waals surface area (Å²) in [5, 5.41) is 15.5. The quantitative estimate of drug-likeness (QED) is 0.701. The van der Waals surface area contributed by atoms with Crippen LogP contribution in [-0.2, 0) is 6.42 Å². The van der Waals surface area contributed by atoms with Crippen LogP contribution in [0.3, 0.4) is 0 Å². The fraction of sp³-hybridized carbons (Fsp3) is 0.286. The topological polar surface area (TPSA) is 38.0 Å². The van der Waals surface area contributed by atoms with E-state index in [0.717, 1.165) is 41.9 Å². The molecule has 0 radical (unpaired) electrons. The Morgan fingerprint density at radius 3 is 2.42 bits per heavy atom. The summed E-state index contributed by atoms with van der Waals surface area (Å²) in [4.78, 5) is 0. The molecule has 0 saturated carbocycles. The molecular formula is C21H24N2O. The molecule has 124 valence electrons. The van der Waals surface area contributed by atoms with E-state index in [1.54, 1.807) is 0 Å². The number of nitrogens with zero attached hydrogens (tertiary/aromatic N) is 2. The lowest BCUT2D eigenvalue weighted by molar-refractivity contribution is 0.469. The van der Waals surface area contributed by atoms with Gasteiger partial charge in [-0.3, -0.25) is 0 Å². The second kappa shape index (κ2) is 6.91. The molecule has 3 rings (SSSR count). The van der Waals surface area contributed by atoms with Gasteiger partial charge in [-0.15, -0.1) is 0 Å². The molecule has 0 bridgehead atoms. The van der Waals surface area contributed by atoms with Gasteiger partial charge < -0.3 is 5.11 Å². The molecule has 0 saturated heterocycles. The van der Waals surface area contributed by atoms with Crippen LogP contribution in [0.2, 0.25) is 0 Å². The molecule has 1 heterocycles. The molecule has 24 heavy (non-hydrogen) atoms. The highest BCUT2D eigenvalue weighted by molar-refractivity contribution is 5.70. The number of hydrogen-bond acceptors (Lipinski definition) is 2. The van der Waals surface area contributed by atoms with E-state index in [9.17, 15) is 5.11 Å². The van der Waals surface area contributed by atoms with Crippen molar-refractivity contribution < 1.29 is 5.11 Å². The third-order valence-electron chi connectivity index (χ3n) is 4.27. The van der Waals surface area contributed by atoms with E-state index in [2.05, 4.69) is 45.0 Å². The minimum absolute atomic E-state index is 0.300. The van der Waals surface area contributed by atoms with Crippen LogP contribution in [-0.4, -0.2) is 14.9 Å². The zero-order valence-corrected chi connectivity index (χ0v) is 14.6. The van der Waals surface area contributed by atoms with E-state index in [-0.39, 0.29) is 0 Å². The highest BCUT2D eigenvalue weighted by Gasteiger charge is 2.19. The Hall–Kier alpha value is -2.55. The monoisotopic (exact) mass is 320 g/mol. The lowest BCUT2D eigenvalue weighted by Crippen LogP contribution is -2.00. The van der Waals surface area contributed by atoms with E-state index in [1.165, 1.54) is 11.1 Å². The third-order valence-corrected chi connectivity index (χ3v) is 4.27. The lowest BCUT2D eigenvalue weighted by atomic mass is 10.1. The van der Waals surface area contributed by atoms with Gasteiger partial charge in [0.25, 0.3) is 0 Å². The highest BCUT2D eigenvalue weighted by atomic mass is 16.3. The van der Waals surface area contributed by atoms with Gasteiger partial charge in [0.1, 0.15) is 11.4 Å². The Labute approximate surface area is 143 Å². The summed E-state index contributed by atoms with van der Waals surface area (Å²) in [6.07, 6.45) is 2.89. The van der Waals surface area contributed by atoms with Crippen LogP contribution in [0, 0.1) is 13.8 Å². The number of unbranched alkanes of at least 4 members (excludes halogenated alkanes) is 1. The number of aromatic hydroxyl groups is 1. The first-order chi connectivity index (χ1) is 11.6. The van der Waals surface area contributed by atoms with Gasteiger partial charge in [0, 0.05) is 5.56 Å². The van der Waals surface area contributed by atoms with Crippen LogP contribution in [0.1, 0.15) is 36.6 Å². The molecule has 0 aliphatic carbocycles. The Morgan fingerprint density at radius 2 is 1.75 bits per heavy atom. The molecule has 3 nitrogen and oxygen atoms in total. The third kappa shape index (κ3) is 3.21. The molecule has 3 heteroatoms. The van der Waals surface area contributed by atoms with Crippen LogP contribution in [0.4, 0.5) is 0 Å². The van der Waals surface area contributed by atoms with E-state index in [4.69, 9.17) is 5.10 Å². The lowest BCUT2D eigenvalue weighted by Gasteiger charge is -2.09. The number of rotatable bonds is 5. The van der Waals surface area contributed by atoms with Crippen molar-refractivity contribution in [3.05, 3.63) is 65.4 Å². The summed E-state index contributed by atoms with van der Waals surface area (Å²) in [6, 6.07) is 16.4. The SMILES string of the molecule is CCCCc1nn(-c2cccc(C)c2)c(-c2ccc(C)cc2)c1O. The standard InChI is InChI=1S/C21H24N2O/c1-4-5-9-19-21(24)20(17-12-10-15(2)11-13-17)23(22-19)18-8-6-7-16(3)14-18/h6-8,10-14,24H,4-5,9H2,1-3H3. The van der Waals surface area contributed by atoms with Crippen molar-refractivity contribution in [2.75, 3.05) is 0 Å². The zero-order valence-electron chi connectivity index (χ0n) is 14.6. The van der Waals surface area contributed by atoms with Gasteiger partial charge in [0.2, 0.25) is 0 Å². The summed E-state index contributed by atoms with van der Waals surface area (Å²) in [7, 11) is 0. The average Bonchev–Trinajstić information content (AvgIpc) is 2.90. The predicted molar refractivity (Wildman–Crippen MR) is 98.8 cm³/mol. The molecule has 0 amide bonds. The Kier molecular flexibility index (Phi) is 4.70. The van der Waals surface area contributed by atoms with Gasteiger partial charge in [-0.05, 0) is 44.4 Å². The Morgan fingerprint density at radius 1 is 1.00 bits per heavy atom. The minimum Gasteiger partial charge on any atom is -0.504 e. The molecule has 1 N–H and O–H groups in total. The second-order valence-electron chi connectivity index (χ2n) is 6.36. The fourth-order valence-corrected chi connectivity index (χ4v) is 2.88. The van der Waals surface area contributed by atoms with Gasteiger partial charge in [-0.2, -0.15) is 5.10 Å². The van der Waals surface area contributed by atoms with Gasteiger partial charge >= 0.3 is 0 Å². The maximum atomic E-state index is 10.8. The van der Waals surface area contributed by atoms with Crippen LogP contribution < -0.4 is 0 Å². The average molecular weight is 320 g/mol. The van der Waals surface area contributed by atoms with Crippen LogP contribution in [0.15, 0.2) is 48.5 Å². The van der Waals surface area contributed by atoms with Crippen LogP contribution >= 0.6 is 0 Å². The summed E-state index contributed by atoms with van der Waals surface area (Å²) in [6.45, 7) is 6.28. The number of benzene rings is 2. The molecule has 0 unspecified atom stereocenters. The largest absolute Gasteiger partial charge is 0.504 e.